The normalized spacial score (nSPS) is 14.5. The first-order chi connectivity index (χ1) is 8.06. The Bertz CT molecular complexity index is 364. The summed E-state index contributed by atoms with van der Waals surface area (Å²) in [6, 6.07) is 0. The Morgan fingerprint density at radius 1 is 1.41 bits per heavy atom. The zero-order valence-electron chi connectivity index (χ0n) is 10.6. The minimum Gasteiger partial charge on any atom is -0.481 e. The molecular formula is C11H20N4O2. The highest BCUT2D eigenvalue weighted by atomic mass is 16.4. The summed E-state index contributed by atoms with van der Waals surface area (Å²) in [5.41, 5.74) is 0. The van der Waals surface area contributed by atoms with Crippen LogP contribution in [0.3, 0.4) is 0 Å². The molecule has 0 bridgehead atoms. The molecule has 1 rings (SSSR count). The number of aliphatic carboxylic acids is 1. The summed E-state index contributed by atoms with van der Waals surface area (Å²) in [5.74, 6) is 0.0225. The molecule has 0 fully saturated rings. The van der Waals surface area contributed by atoms with Crippen molar-refractivity contribution in [2.24, 2.45) is 5.92 Å². The Labute approximate surface area is 101 Å². The van der Waals surface area contributed by atoms with E-state index < -0.39 is 5.97 Å². The first kappa shape index (κ1) is 13.6. The van der Waals surface area contributed by atoms with Gasteiger partial charge in [-0.2, -0.15) is 0 Å². The van der Waals surface area contributed by atoms with Crippen LogP contribution in [-0.2, 0) is 11.3 Å². The highest BCUT2D eigenvalue weighted by molar-refractivity contribution is 5.69. The van der Waals surface area contributed by atoms with Crippen LogP contribution in [-0.4, -0.2) is 31.3 Å². The van der Waals surface area contributed by atoms with Crippen LogP contribution in [0.25, 0.3) is 0 Å². The van der Waals surface area contributed by atoms with Crippen LogP contribution in [0, 0.1) is 5.92 Å². The topological polar surface area (TPSA) is 80.9 Å². The van der Waals surface area contributed by atoms with Crippen LogP contribution in [0.2, 0.25) is 0 Å². The van der Waals surface area contributed by atoms with Gasteiger partial charge in [-0.1, -0.05) is 27.2 Å². The number of aromatic nitrogens is 4. The number of nitrogens with zero attached hydrogens (tertiary/aromatic N) is 4. The van der Waals surface area contributed by atoms with Crippen molar-refractivity contribution in [3.05, 3.63) is 5.82 Å². The van der Waals surface area contributed by atoms with Gasteiger partial charge in [0.2, 0.25) is 0 Å². The molecule has 0 saturated heterocycles. The number of hydrogen-bond acceptors (Lipinski definition) is 4. The van der Waals surface area contributed by atoms with E-state index in [1.165, 1.54) is 0 Å². The zero-order chi connectivity index (χ0) is 12.8. The maximum atomic E-state index is 10.7. The molecule has 6 heteroatoms. The molecule has 1 N–H and O–H groups in total. The van der Waals surface area contributed by atoms with E-state index >= 15 is 0 Å². The van der Waals surface area contributed by atoms with Crippen molar-refractivity contribution in [1.29, 1.82) is 0 Å². The number of hydrogen-bond donors (Lipinski definition) is 1. The third kappa shape index (κ3) is 3.80. The Balaban J connectivity index is 2.60. The van der Waals surface area contributed by atoms with Crippen molar-refractivity contribution >= 4 is 5.97 Å². The molecular weight excluding hydrogens is 220 g/mol. The Morgan fingerprint density at radius 2 is 2.12 bits per heavy atom. The van der Waals surface area contributed by atoms with E-state index in [1.807, 2.05) is 0 Å². The number of carbonyl (C=O) groups is 1. The van der Waals surface area contributed by atoms with Crippen molar-refractivity contribution < 1.29 is 9.90 Å². The predicted octanol–water partition coefficient (Wildman–Crippen LogP) is 1.69. The average Bonchev–Trinajstić information content (AvgIpc) is 2.74. The molecule has 96 valence electrons. The lowest BCUT2D eigenvalue weighted by Gasteiger charge is -2.11. The number of rotatable bonds is 7. The third-order valence-corrected chi connectivity index (χ3v) is 2.92. The van der Waals surface area contributed by atoms with E-state index in [0.717, 1.165) is 18.7 Å². The van der Waals surface area contributed by atoms with Gasteiger partial charge in [-0.25, -0.2) is 4.68 Å². The van der Waals surface area contributed by atoms with Gasteiger partial charge in [0.15, 0.2) is 5.82 Å². The standard InChI is InChI=1S/C11H20N4O2/c1-4-5-8(2)10-12-13-14-15(10)7-6-9(3)11(16)17/h8-9H,4-7H2,1-3H3,(H,16,17). The lowest BCUT2D eigenvalue weighted by Crippen LogP contribution is -2.15. The van der Waals surface area contributed by atoms with Gasteiger partial charge in [-0.15, -0.1) is 5.10 Å². The molecule has 0 spiro atoms. The lowest BCUT2D eigenvalue weighted by molar-refractivity contribution is -0.141. The first-order valence-corrected chi connectivity index (χ1v) is 6.05. The summed E-state index contributed by atoms with van der Waals surface area (Å²) < 4.78 is 1.72. The van der Waals surface area contributed by atoms with E-state index in [-0.39, 0.29) is 5.92 Å². The lowest BCUT2D eigenvalue weighted by atomic mass is 10.1. The number of aryl methyl sites for hydroxylation is 1. The minimum atomic E-state index is -0.777. The van der Waals surface area contributed by atoms with Gasteiger partial charge in [0.25, 0.3) is 0 Å². The smallest absolute Gasteiger partial charge is 0.306 e. The SMILES string of the molecule is CCCC(C)c1nnnn1CCC(C)C(=O)O. The van der Waals surface area contributed by atoms with Crippen molar-refractivity contribution in [2.75, 3.05) is 0 Å². The van der Waals surface area contributed by atoms with Crippen LogP contribution < -0.4 is 0 Å². The van der Waals surface area contributed by atoms with Crippen LogP contribution in [0.5, 0.6) is 0 Å². The molecule has 2 unspecified atom stereocenters. The van der Waals surface area contributed by atoms with E-state index in [0.29, 0.717) is 18.9 Å². The Hall–Kier alpha value is -1.46. The van der Waals surface area contributed by atoms with E-state index in [1.54, 1.807) is 11.6 Å². The second kappa shape index (κ2) is 6.32. The largest absolute Gasteiger partial charge is 0.481 e. The molecule has 0 aliphatic rings. The molecule has 2 atom stereocenters. The third-order valence-electron chi connectivity index (χ3n) is 2.92. The predicted molar refractivity (Wildman–Crippen MR) is 62.6 cm³/mol. The van der Waals surface area contributed by atoms with Gasteiger partial charge >= 0.3 is 5.97 Å². The molecule has 0 aromatic carbocycles. The Morgan fingerprint density at radius 3 is 2.71 bits per heavy atom. The highest BCUT2D eigenvalue weighted by Crippen LogP contribution is 2.17. The fourth-order valence-corrected chi connectivity index (χ4v) is 1.73. The van der Waals surface area contributed by atoms with Crippen molar-refractivity contribution in [2.45, 2.75) is 52.5 Å². The molecule has 1 aromatic rings. The molecule has 0 amide bonds. The van der Waals surface area contributed by atoms with Crippen LogP contribution >= 0.6 is 0 Å². The second-order valence-corrected chi connectivity index (χ2v) is 4.48. The Kier molecular flexibility index (Phi) is 5.06. The first-order valence-electron chi connectivity index (χ1n) is 6.05. The molecule has 0 radical (unpaired) electrons. The molecule has 6 nitrogen and oxygen atoms in total. The summed E-state index contributed by atoms with van der Waals surface area (Å²) in [7, 11) is 0. The second-order valence-electron chi connectivity index (χ2n) is 4.48. The molecule has 0 saturated carbocycles. The van der Waals surface area contributed by atoms with Gasteiger partial charge in [0.05, 0.1) is 5.92 Å². The maximum Gasteiger partial charge on any atom is 0.306 e. The maximum absolute atomic E-state index is 10.7. The van der Waals surface area contributed by atoms with Gasteiger partial charge in [-0.3, -0.25) is 4.79 Å². The van der Waals surface area contributed by atoms with E-state index in [4.69, 9.17) is 5.11 Å². The summed E-state index contributed by atoms with van der Waals surface area (Å²) in [6.45, 7) is 6.47. The monoisotopic (exact) mass is 240 g/mol. The van der Waals surface area contributed by atoms with Crippen LogP contribution in [0.15, 0.2) is 0 Å². The average molecular weight is 240 g/mol. The molecule has 1 aromatic heterocycles. The number of carboxylic acid groups (broad SMARTS) is 1. The van der Waals surface area contributed by atoms with Crippen LogP contribution in [0.1, 0.15) is 51.8 Å². The number of tetrazole rings is 1. The van der Waals surface area contributed by atoms with Gasteiger partial charge in [0, 0.05) is 12.5 Å². The van der Waals surface area contributed by atoms with Gasteiger partial charge in [-0.05, 0) is 23.3 Å². The fourth-order valence-electron chi connectivity index (χ4n) is 1.73. The zero-order valence-corrected chi connectivity index (χ0v) is 10.6. The van der Waals surface area contributed by atoms with Crippen molar-refractivity contribution in [3.63, 3.8) is 0 Å². The van der Waals surface area contributed by atoms with Crippen molar-refractivity contribution in [1.82, 2.24) is 20.2 Å². The van der Waals surface area contributed by atoms with Gasteiger partial charge in [0.1, 0.15) is 0 Å². The molecule has 0 aliphatic heterocycles. The minimum absolute atomic E-state index is 0.315. The number of carboxylic acids is 1. The quantitative estimate of drug-likeness (QED) is 0.784. The summed E-state index contributed by atoms with van der Waals surface area (Å²) in [6.07, 6.45) is 2.67. The summed E-state index contributed by atoms with van der Waals surface area (Å²) in [5, 5.41) is 20.4. The molecule has 1 heterocycles. The van der Waals surface area contributed by atoms with E-state index in [9.17, 15) is 4.79 Å². The highest BCUT2D eigenvalue weighted by Gasteiger charge is 2.16. The molecule has 0 aliphatic carbocycles. The van der Waals surface area contributed by atoms with Crippen molar-refractivity contribution in [3.8, 4) is 0 Å². The molecule has 17 heavy (non-hydrogen) atoms. The van der Waals surface area contributed by atoms with E-state index in [2.05, 4.69) is 29.4 Å². The van der Waals surface area contributed by atoms with Gasteiger partial charge < -0.3 is 5.11 Å². The fraction of sp³-hybridized carbons (Fsp3) is 0.818. The van der Waals surface area contributed by atoms with Crippen LogP contribution in [0.4, 0.5) is 0 Å². The summed E-state index contributed by atoms with van der Waals surface area (Å²) in [4.78, 5) is 10.7. The summed E-state index contributed by atoms with van der Waals surface area (Å²) >= 11 is 0.